The molecule has 6 nitrogen and oxygen atoms in total. The second-order valence-electron chi connectivity index (χ2n) is 3.74. The van der Waals surface area contributed by atoms with E-state index in [0.717, 1.165) is 0 Å². The van der Waals surface area contributed by atoms with Crippen LogP contribution in [-0.4, -0.2) is 56.8 Å². The maximum atomic E-state index is 11.3. The van der Waals surface area contributed by atoms with Gasteiger partial charge in [0.1, 0.15) is 0 Å². The molecule has 0 bridgehead atoms. The highest BCUT2D eigenvalue weighted by Gasteiger charge is 2.16. The Morgan fingerprint density at radius 2 is 2.00 bits per heavy atom. The van der Waals surface area contributed by atoms with E-state index in [0.29, 0.717) is 6.54 Å². The van der Waals surface area contributed by atoms with Crippen molar-refractivity contribution in [3.8, 4) is 0 Å². The van der Waals surface area contributed by atoms with Gasteiger partial charge < -0.3 is 10.0 Å². The molecule has 0 spiro atoms. The lowest BCUT2D eigenvalue weighted by Crippen LogP contribution is -2.40. The number of sulfonamides is 1. The van der Waals surface area contributed by atoms with Gasteiger partial charge in [0.2, 0.25) is 10.0 Å². The summed E-state index contributed by atoms with van der Waals surface area (Å²) < 4.78 is 25.1. The summed E-state index contributed by atoms with van der Waals surface area (Å²) in [7, 11) is 0.192. The van der Waals surface area contributed by atoms with Crippen molar-refractivity contribution in [3.05, 3.63) is 0 Å². The number of likely N-dealkylation sites (N-methyl/N-ethyl adjacent to an activating group) is 1. The molecule has 1 atom stereocenters. The first-order valence-electron chi connectivity index (χ1n) is 4.59. The van der Waals surface area contributed by atoms with E-state index in [-0.39, 0.29) is 18.2 Å². The predicted molar refractivity (Wildman–Crippen MR) is 57.2 cm³/mol. The Hall–Kier alpha value is -0.660. The van der Waals surface area contributed by atoms with Gasteiger partial charge in [0.15, 0.2) is 0 Å². The smallest absolute Gasteiger partial charge is 0.304 e. The number of hydrogen-bond donors (Lipinski definition) is 2. The van der Waals surface area contributed by atoms with Crippen molar-refractivity contribution in [1.82, 2.24) is 9.62 Å². The van der Waals surface area contributed by atoms with E-state index < -0.39 is 16.0 Å². The van der Waals surface area contributed by atoms with Crippen LogP contribution in [-0.2, 0) is 14.8 Å². The molecule has 90 valence electrons. The molecule has 0 saturated carbocycles. The zero-order chi connectivity index (χ0) is 12.1. The van der Waals surface area contributed by atoms with E-state index in [2.05, 4.69) is 4.72 Å². The zero-order valence-electron chi connectivity index (χ0n) is 9.23. The molecule has 0 rings (SSSR count). The highest BCUT2D eigenvalue weighted by Crippen LogP contribution is 1.94. The topological polar surface area (TPSA) is 86.7 Å². The molecule has 0 aromatic carbocycles. The lowest BCUT2D eigenvalue weighted by Gasteiger charge is -2.17. The Morgan fingerprint density at radius 1 is 1.47 bits per heavy atom. The summed E-state index contributed by atoms with van der Waals surface area (Å²) >= 11 is 0. The number of carboxylic acid groups (broad SMARTS) is 1. The third-order valence-electron chi connectivity index (χ3n) is 1.60. The molecular weight excluding hydrogens is 220 g/mol. The van der Waals surface area contributed by atoms with Gasteiger partial charge in [0.05, 0.1) is 12.2 Å². The van der Waals surface area contributed by atoms with Crippen LogP contribution in [0.1, 0.15) is 13.3 Å². The molecule has 0 radical (unpaired) electrons. The number of nitrogens with zero attached hydrogens (tertiary/aromatic N) is 1. The molecule has 15 heavy (non-hydrogen) atoms. The van der Waals surface area contributed by atoms with Crippen LogP contribution in [0.15, 0.2) is 0 Å². The number of rotatable bonds is 7. The van der Waals surface area contributed by atoms with Gasteiger partial charge in [-0.1, -0.05) is 0 Å². The fourth-order valence-electron chi connectivity index (χ4n) is 1.17. The fraction of sp³-hybridized carbons (Fsp3) is 0.875. The van der Waals surface area contributed by atoms with Crippen LogP contribution in [0.25, 0.3) is 0 Å². The maximum Gasteiger partial charge on any atom is 0.304 e. The second-order valence-corrected chi connectivity index (χ2v) is 5.62. The minimum absolute atomic E-state index is 0.223. The van der Waals surface area contributed by atoms with Crippen molar-refractivity contribution in [1.29, 1.82) is 0 Å². The lowest BCUT2D eigenvalue weighted by atomic mass is 10.3. The van der Waals surface area contributed by atoms with Gasteiger partial charge in [-0.2, -0.15) is 0 Å². The van der Waals surface area contributed by atoms with Crippen LogP contribution < -0.4 is 4.72 Å². The van der Waals surface area contributed by atoms with Crippen LogP contribution in [0.5, 0.6) is 0 Å². The maximum absolute atomic E-state index is 11.3. The van der Waals surface area contributed by atoms with Crippen LogP contribution in [0, 0.1) is 0 Å². The van der Waals surface area contributed by atoms with Gasteiger partial charge in [0, 0.05) is 12.6 Å². The van der Waals surface area contributed by atoms with E-state index in [1.165, 1.54) is 0 Å². The highest BCUT2D eigenvalue weighted by atomic mass is 32.2. The summed E-state index contributed by atoms with van der Waals surface area (Å²) in [6, 6.07) is -0.223. The average molecular weight is 238 g/mol. The van der Waals surface area contributed by atoms with E-state index in [1.54, 1.807) is 6.92 Å². The minimum atomic E-state index is -3.48. The first kappa shape index (κ1) is 14.3. The van der Waals surface area contributed by atoms with E-state index in [4.69, 9.17) is 5.11 Å². The van der Waals surface area contributed by atoms with Gasteiger partial charge >= 0.3 is 5.97 Å². The number of hydrogen-bond acceptors (Lipinski definition) is 4. The molecule has 2 N–H and O–H groups in total. The Balaban J connectivity index is 4.08. The Labute approximate surface area is 90.3 Å². The number of carbonyl (C=O) groups is 1. The third-order valence-corrected chi connectivity index (χ3v) is 3.11. The van der Waals surface area contributed by atoms with Crippen LogP contribution in [0.4, 0.5) is 0 Å². The van der Waals surface area contributed by atoms with Gasteiger partial charge in [-0.25, -0.2) is 13.1 Å². The fourth-order valence-corrected chi connectivity index (χ4v) is 2.42. The van der Waals surface area contributed by atoms with E-state index >= 15 is 0 Å². The van der Waals surface area contributed by atoms with Crippen LogP contribution in [0.3, 0.4) is 0 Å². The largest absolute Gasteiger partial charge is 0.481 e. The normalized spacial score (nSPS) is 14.1. The van der Waals surface area contributed by atoms with Crippen molar-refractivity contribution in [2.75, 3.05) is 26.4 Å². The molecule has 0 fully saturated rings. The molecule has 1 unspecified atom stereocenters. The summed E-state index contributed by atoms with van der Waals surface area (Å²) in [4.78, 5) is 12.1. The van der Waals surface area contributed by atoms with Gasteiger partial charge in [-0.3, -0.25) is 4.79 Å². The van der Waals surface area contributed by atoms with Gasteiger partial charge in [-0.05, 0) is 21.0 Å². The SMILES string of the molecule is CC(CN(C)C)NS(=O)(=O)CCC(=O)O. The quantitative estimate of drug-likeness (QED) is 0.614. The number of nitrogens with one attached hydrogen (secondary N) is 1. The molecule has 0 aromatic rings. The molecular formula is C8H18N2O4S. The predicted octanol–water partition coefficient (Wildman–Crippen LogP) is -0.669. The average Bonchev–Trinajstić information content (AvgIpc) is 1.98. The zero-order valence-corrected chi connectivity index (χ0v) is 10.0. The molecule has 7 heteroatoms. The molecule has 0 aliphatic carbocycles. The molecule has 0 aliphatic heterocycles. The molecule has 0 aliphatic rings. The van der Waals surface area contributed by atoms with Gasteiger partial charge in [0.25, 0.3) is 0 Å². The summed E-state index contributed by atoms with van der Waals surface area (Å²) in [6.45, 7) is 2.31. The van der Waals surface area contributed by atoms with E-state index in [9.17, 15) is 13.2 Å². The van der Waals surface area contributed by atoms with Crippen molar-refractivity contribution in [2.24, 2.45) is 0 Å². The van der Waals surface area contributed by atoms with Crippen molar-refractivity contribution in [2.45, 2.75) is 19.4 Å². The molecule has 0 amide bonds. The second kappa shape index (κ2) is 6.04. The van der Waals surface area contributed by atoms with Crippen molar-refractivity contribution < 1.29 is 18.3 Å². The molecule has 0 heterocycles. The third kappa shape index (κ3) is 8.34. The first-order valence-corrected chi connectivity index (χ1v) is 6.24. The highest BCUT2D eigenvalue weighted by molar-refractivity contribution is 7.89. The van der Waals surface area contributed by atoms with Gasteiger partial charge in [-0.15, -0.1) is 0 Å². The summed E-state index contributed by atoms with van der Waals surface area (Å²) in [5.74, 6) is -1.49. The summed E-state index contributed by atoms with van der Waals surface area (Å²) in [6.07, 6.45) is -0.371. The van der Waals surface area contributed by atoms with Crippen molar-refractivity contribution >= 4 is 16.0 Å². The Morgan fingerprint density at radius 3 is 2.40 bits per heavy atom. The first-order chi connectivity index (χ1) is 6.73. The van der Waals surface area contributed by atoms with E-state index in [1.807, 2.05) is 19.0 Å². The minimum Gasteiger partial charge on any atom is -0.481 e. The standard InChI is InChI=1S/C8H18N2O4S/c1-7(6-10(2)3)9-15(13,14)5-4-8(11)12/h7,9H,4-6H2,1-3H3,(H,11,12). The van der Waals surface area contributed by atoms with Crippen molar-refractivity contribution in [3.63, 3.8) is 0 Å². The monoisotopic (exact) mass is 238 g/mol. The molecule has 0 aromatic heterocycles. The lowest BCUT2D eigenvalue weighted by molar-refractivity contribution is -0.136. The summed E-state index contributed by atoms with van der Waals surface area (Å²) in [5.41, 5.74) is 0. The van der Waals surface area contributed by atoms with Crippen LogP contribution in [0.2, 0.25) is 0 Å². The molecule has 0 saturated heterocycles. The Bertz CT molecular complexity index is 300. The summed E-state index contributed by atoms with van der Waals surface area (Å²) in [5, 5.41) is 8.36. The van der Waals surface area contributed by atoms with Crippen LogP contribution >= 0.6 is 0 Å². The number of aliphatic carboxylic acids is 1. The number of carboxylic acids is 1. The Kier molecular flexibility index (Phi) is 5.77.